The molecule has 7 heteroatoms. The van der Waals surface area contributed by atoms with Crippen molar-refractivity contribution in [1.82, 2.24) is 9.78 Å². The number of hydrogen-bond donors (Lipinski definition) is 1. The quantitative estimate of drug-likeness (QED) is 0.592. The molecule has 0 saturated heterocycles. The van der Waals surface area contributed by atoms with Gasteiger partial charge < -0.3 is 5.32 Å². The first kappa shape index (κ1) is 19.4. The molecule has 0 bridgehead atoms. The zero-order valence-electron chi connectivity index (χ0n) is 15.1. The molecule has 3 rings (SSSR count). The number of benzene rings is 2. The van der Waals surface area contributed by atoms with E-state index in [4.69, 9.17) is 23.2 Å². The Labute approximate surface area is 166 Å². The molecule has 3 aromatic rings. The summed E-state index contributed by atoms with van der Waals surface area (Å²) in [6.07, 6.45) is 0. The zero-order valence-corrected chi connectivity index (χ0v) is 16.6. The van der Waals surface area contributed by atoms with Crippen molar-refractivity contribution in [2.75, 3.05) is 5.32 Å². The highest BCUT2D eigenvalue weighted by Gasteiger charge is 2.22. The van der Waals surface area contributed by atoms with E-state index in [1.54, 1.807) is 36.4 Å². The fraction of sp³-hybridized carbons (Fsp3) is 0.200. The predicted molar refractivity (Wildman–Crippen MR) is 107 cm³/mol. The van der Waals surface area contributed by atoms with Crippen LogP contribution in [0.2, 0.25) is 10.0 Å². The molecule has 0 spiro atoms. The number of aromatic nitrogens is 2. The third-order valence-corrected chi connectivity index (χ3v) is 4.79. The van der Waals surface area contributed by atoms with Gasteiger partial charge >= 0.3 is 0 Å². The molecule has 0 saturated carbocycles. The standard InChI is InChI=1S/C20H18Cl2FN3O/c1-20(2,3)16-11-17(26(25-16)13-7-4-6-12(23)10-13)24-19(27)14-8-5-9-15(21)18(14)22/h4-11H,1-3H3,(H,24,27). The van der Waals surface area contributed by atoms with E-state index in [2.05, 4.69) is 10.4 Å². The number of amides is 1. The first-order valence-corrected chi connectivity index (χ1v) is 9.04. The van der Waals surface area contributed by atoms with Crippen molar-refractivity contribution < 1.29 is 9.18 Å². The first-order valence-electron chi connectivity index (χ1n) is 8.28. The Balaban J connectivity index is 2.05. The average Bonchev–Trinajstić information content (AvgIpc) is 3.01. The molecule has 4 nitrogen and oxygen atoms in total. The molecule has 0 aliphatic rings. The summed E-state index contributed by atoms with van der Waals surface area (Å²) in [7, 11) is 0. The van der Waals surface area contributed by atoms with Crippen molar-refractivity contribution in [1.29, 1.82) is 0 Å². The monoisotopic (exact) mass is 405 g/mol. The van der Waals surface area contributed by atoms with Crippen molar-refractivity contribution in [2.24, 2.45) is 0 Å². The van der Waals surface area contributed by atoms with Crippen LogP contribution in [-0.2, 0) is 5.41 Å². The molecule has 2 aromatic carbocycles. The van der Waals surface area contributed by atoms with Gasteiger partial charge in [-0.25, -0.2) is 9.07 Å². The van der Waals surface area contributed by atoms with Gasteiger partial charge in [0.15, 0.2) is 0 Å². The predicted octanol–water partition coefficient (Wildman–Crippen LogP) is 5.87. The molecule has 1 heterocycles. The fourth-order valence-electron chi connectivity index (χ4n) is 2.50. The third kappa shape index (κ3) is 4.15. The van der Waals surface area contributed by atoms with Gasteiger partial charge in [0.2, 0.25) is 0 Å². The van der Waals surface area contributed by atoms with Gasteiger partial charge in [0.05, 0.1) is 27.0 Å². The lowest BCUT2D eigenvalue weighted by Gasteiger charge is -2.14. The van der Waals surface area contributed by atoms with Gasteiger partial charge in [-0.05, 0) is 30.3 Å². The van der Waals surface area contributed by atoms with Gasteiger partial charge in [0.1, 0.15) is 11.6 Å². The Morgan fingerprint density at radius 2 is 1.81 bits per heavy atom. The van der Waals surface area contributed by atoms with Crippen LogP contribution in [0.4, 0.5) is 10.2 Å². The van der Waals surface area contributed by atoms with Crippen molar-refractivity contribution >= 4 is 34.9 Å². The van der Waals surface area contributed by atoms with Crippen LogP contribution >= 0.6 is 23.2 Å². The Morgan fingerprint density at radius 1 is 1.11 bits per heavy atom. The van der Waals surface area contributed by atoms with Gasteiger partial charge in [-0.3, -0.25) is 4.79 Å². The smallest absolute Gasteiger partial charge is 0.258 e. The molecular weight excluding hydrogens is 388 g/mol. The highest BCUT2D eigenvalue weighted by molar-refractivity contribution is 6.44. The van der Waals surface area contributed by atoms with Crippen molar-refractivity contribution in [3.05, 3.63) is 75.7 Å². The molecule has 0 fully saturated rings. The van der Waals surface area contributed by atoms with E-state index in [9.17, 15) is 9.18 Å². The van der Waals surface area contributed by atoms with Crippen LogP contribution in [0.15, 0.2) is 48.5 Å². The lowest BCUT2D eigenvalue weighted by atomic mass is 9.92. The molecule has 1 amide bonds. The number of nitrogens with one attached hydrogen (secondary N) is 1. The van der Waals surface area contributed by atoms with E-state index in [0.29, 0.717) is 16.5 Å². The Hall–Kier alpha value is -2.37. The number of hydrogen-bond acceptors (Lipinski definition) is 2. The van der Waals surface area contributed by atoms with Crippen molar-refractivity contribution in [2.45, 2.75) is 26.2 Å². The summed E-state index contributed by atoms with van der Waals surface area (Å²) in [6, 6.07) is 12.6. The van der Waals surface area contributed by atoms with Gasteiger partial charge in [0.25, 0.3) is 5.91 Å². The lowest BCUT2D eigenvalue weighted by molar-refractivity contribution is 0.102. The van der Waals surface area contributed by atoms with Crippen LogP contribution in [-0.4, -0.2) is 15.7 Å². The Kier molecular flexibility index (Phi) is 5.27. The molecule has 27 heavy (non-hydrogen) atoms. The first-order chi connectivity index (χ1) is 12.7. The fourth-order valence-corrected chi connectivity index (χ4v) is 2.89. The van der Waals surface area contributed by atoms with Crippen LogP contribution in [0.1, 0.15) is 36.8 Å². The van der Waals surface area contributed by atoms with Gasteiger partial charge in [-0.1, -0.05) is 56.1 Å². The van der Waals surface area contributed by atoms with E-state index in [-0.39, 0.29) is 16.0 Å². The van der Waals surface area contributed by atoms with Crippen LogP contribution in [0.5, 0.6) is 0 Å². The van der Waals surface area contributed by atoms with Crippen LogP contribution < -0.4 is 5.32 Å². The van der Waals surface area contributed by atoms with Gasteiger partial charge in [-0.15, -0.1) is 0 Å². The van der Waals surface area contributed by atoms with E-state index >= 15 is 0 Å². The second kappa shape index (κ2) is 7.33. The van der Waals surface area contributed by atoms with Crippen molar-refractivity contribution in [3.63, 3.8) is 0 Å². The van der Waals surface area contributed by atoms with Crippen LogP contribution in [0.3, 0.4) is 0 Å². The Morgan fingerprint density at radius 3 is 2.48 bits per heavy atom. The maximum Gasteiger partial charge on any atom is 0.258 e. The summed E-state index contributed by atoms with van der Waals surface area (Å²) in [5, 5.41) is 7.82. The molecule has 0 atom stereocenters. The number of carbonyl (C=O) groups excluding carboxylic acids is 1. The lowest BCUT2D eigenvalue weighted by Crippen LogP contribution is -2.15. The second-order valence-corrected chi connectivity index (χ2v) is 7.90. The molecule has 140 valence electrons. The molecule has 1 N–H and O–H groups in total. The highest BCUT2D eigenvalue weighted by atomic mass is 35.5. The largest absolute Gasteiger partial charge is 0.306 e. The second-order valence-electron chi connectivity index (χ2n) is 7.11. The minimum atomic E-state index is -0.430. The maximum atomic E-state index is 13.7. The van der Waals surface area contributed by atoms with Gasteiger partial charge in [0, 0.05) is 11.5 Å². The highest BCUT2D eigenvalue weighted by Crippen LogP contribution is 2.29. The summed E-state index contributed by atoms with van der Waals surface area (Å²) < 4.78 is 15.2. The topological polar surface area (TPSA) is 46.9 Å². The maximum absolute atomic E-state index is 13.7. The Bertz CT molecular complexity index is 1010. The third-order valence-electron chi connectivity index (χ3n) is 3.97. The van der Waals surface area contributed by atoms with E-state index < -0.39 is 11.7 Å². The summed E-state index contributed by atoms with van der Waals surface area (Å²) in [4.78, 5) is 12.7. The number of carbonyl (C=O) groups is 1. The number of anilines is 1. The molecule has 1 aromatic heterocycles. The number of rotatable bonds is 3. The van der Waals surface area contributed by atoms with Gasteiger partial charge in [-0.2, -0.15) is 5.10 Å². The minimum Gasteiger partial charge on any atom is -0.306 e. The van der Waals surface area contributed by atoms with E-state index in [1.165, 1.54) is 16.8 Å². The van der Waals surface area contributed by atoms with E-state index in [1.807, 2.05) is 20.8 Å². The molecule has 0 aliphatic heterocycles. The summed E-state index contributed by atoms with van der Waals surface area (Å²) >= 11 is 12.1. The van der Waals surface area contributed by atoms with Crippen LogP contribution in [0, 0.1) is 5.82 Å². The zero-order chi connectivity index (χ0) is 19.8. The van der Waals surface area contributed by atoms with Crippen LogP contribution in [0.25, 0.3) is 5.69 Å². The summed E-state index contributed by atoms with van der Waals surface area (Å²) in [5.41, 5.74) is 1.23. The number of halogens is 3. The number of nitrogens with zero attached hydrogens (tertiary/aromatic N) is 2. The summed E-state index contributed by atoms with van der Waals surface area (Å²) in [6.45, 7) is 6.01. The minimum absolute atomic E-state index is 0.171. The van der Waals surface area contributed by atoms with E-state index in [0.717, 1.165) is 5.69 Å². The SMILES string of the molecule is CC(C)(C)c1cc(NC(=O)c2cccc(Cl)c2Cl)n(-c2cccc(F)c2)n1. The normalized spacial score (nSPS) is 11.5. The molecular formula is C20H18Cl2FN3O. The molecule has 0 unspecified atom stereocenters. The molecule has 0 radical (unpaired) electrons. The summed E-state index contributed by atoms with van der Waals surface area (Å²) in [5.74, 6) is -0.414. The molecule has 0 aliphatic carbocycles. The average molecular weight is 406 g/mol. The van der Waals surface area contributed by atoms with Crippen molar-refractivity contribution in [3.8, 4) is 5.69 Å².